The van der Waals surface area contributed by atoms with Crippen LogP contribution in [0.4, 0.5) is 9.59 Å². The highest BCUT2D eigenvalue weighted by Crippen LogP contribution is 2.37. The maximum absolute atomic E-state index is 13.9. The first-order valence-corrected chi connectivity index (χ1v) is 15.8. The van der Waals surface area contributed by atoms with Gasteiger partial charge in [0.1, 0.15) is 11.7 Å². The SMILES string of the molecule is C[C@H](c1cccc2ccccc12)N(C[C@H]1CN(C(=O)NC2CCC(OC=O)CC2)C[C@@H]1c1ccccc1)C(=O)OC(C)(C)C. The van der Waals surface area contributed by atoms with Gasteiger partial charge in [0, 0.05) is 37.5 Å². The van der Waals surface area contributed by atoms with Gasteiger partial charge < -0.3 is 24.6 Å². The molecule has 1 saturated heterocycles. The molecule has 0 radical (unpaired) electrons. The number of likely N-dealkylation sites (tertiary alicyclic amines) is 1. The summed E-state index contributed by atoms with van der Waals surface area (Å²) in [5, 5.41) is 5.46. The van der Waals surface area contributed by atoms with E-state index in [2.05, 4.69) is 48.6 Å². The van der Waals surface area contributed by atoms with Gasteiger partial charge in [-0.15, -0.1) is 0 Å². The van der Waals surface area contributed by atoms with Crippen LogP contribution in [0.3, 0.4) is 0 Å². The Labute approximate surface area is 260 Å². The molecule has 8 nitrogen and oxygen atoms in total. The highest BCUT2D eigenvalue weighted by molar-refractivity contribution is 5.86. The minimum absolute atomic E-state index is 0.00447. The summed E-state index contributed by atoms with van der Waals surface area (Å²) >= 11 is 0. The number of benzene rings is 3. The van der Waals surface area contributed by atoms with Gasteiger partial charge in [-0.05, 0) is 75.3 Å². The molecule has 234 valence electrons. The number of carbonyl (C=O) groups excluding carboxylic acids is 3. The van der Waals surface area contributed by atoms with Crippen LogP contribution in [0, 0.1) is 5.92 Å². The monoisotopic (exact) mass is 599 g/mol. The average molecular weight is 600 g/mol. The number of nitrogens with zero attached hydrogens (tertiary/aromatic N) is 2. The molecule has 5 rings (SSSR count). The van der Waals surface area contributed by atoms with Crippen LogP contribution in [0.25, 0.3) is 10.8 Å². The number of rotatable bonds is 8. The number of amides is 3. The van der Waals surface area contributed by atoms with Gasteiger partial charge in [0.2, 0.25) is 0 Å². The zero-order chi connectivity index (χ0) is 31.3. The van der Waals surface area contributed by atoms with Crippen molar-refractivity contribution in [2.75, 3.05) is 19.6 Å². The molecule has 1 heterocycles. The summed E-state index contributed by atoms with van der Waals surface area (Å²) in [5.74, 6) is 0.0631. The maximum Gasteiger partial charge on any atom is 0.410 e. The van der Waals surface area contributed by atoms with E-state index in [-0.39, 0.29) is 42.1 Å². The van der Waals surface area contributed by atoms with Crippen molar-refractivity contribution >= 4 is 29.4 Å². The fraction of sp³-hybridized carbons (Fsp3) is 0.472. The number of nitrogens with one attached hydrogen (secondary N) is 1. The molecule has 2 aliphatic rings. The van der Waals surface area contributed by atoms with Crippen molar-refractivity contribution in [3.63, 3.8) is 0 Å². The second-order valence-corrected chi connectivity index (χ2v) is 13.2. The average Bonchev–Trinajstić information content (AvgIpc) is 3.44. The van der Waals surface area contributed by atoms with Crippen molar-refractivity contribution in [2.24, 2.45) is 5.92 Å². The van der Waals surface area contributed by atoms with Gasteiger partial charge >= 0.3 is 12.1 Å². The molecule has 0 unspecified atom stereocenters. The summed E-state index contributed by atoms with van der Waals surface area (Å²) in [7, 11) is 0. The van der Waals surface area contributed by atoms with E-state index < -0.39 is 5.60 Å². The Bertz CT molecular complexity index is 1430. The van der Waals surface area contributed by atoms with Gasteiger partial charge in [0.05, 0.1) is 6.04 Å². The Balaban J connectivity index is 1.39. The lowest BCUT2D eigenvalue weighted by Gasteiger charge is -2.35. The first-order chi connectivity index (χ1) is 21.1. The Morgan fingerprint density at radius 2 is 1.64 bits per heavy atom. The van der Waals surface area contributed by atoms with Gasteiger partial charge in [-0.2, -0.15) is 0 Å². The fourth-order valence-corrected chi connectivity index (χ4v) is 6.73. The molecular formula is C36H45N3O5. The third-order valence-electron chi connectivity index (χ3n) is 9.01. The van der Waals surface area contributed by atoms with E-state index in [1.165, 1.54) is 0 Å². The van der Waals surface area contributed by atoms with Crippen LogP contribution in [0.15, 0.2) is 72.8 Å². The third kappa shape index (κ3) is 7.52. The van der Waals surface area contributed by atoms with Crippen LogP contribution < -0.4 is 5.32 Å². The first kappa shape index (κ1) is 31.4. The van der Waals surface area contributed by atoms with Crippen molar-refractivity contribution < 1.29 is 23.9 Å². The second-order valence-electron chi connectivity index (χ2n) is 13.2. The van der Waals surface area contributed by atoms with Gasteiger partial charge in [-0.25, -0.2) is 9.59 Å². The molecule has 44 heavy (non-hydrogen) atoms. The minimum atomic E-state index is -0.649. The zero-order valence-electron chi connectivity index (χ0n) is 26.3. The van der Waals surface area contributed by atoms with E-state index in [4.69, 9.17) is 9.47 Å². The normalized spacial score (nSPS) is 22.7. The molecule has 1 N–H and O–H groups in total. The standard InChI is InChI=1S/C36H45N3O5/c1-25(31-16-10-14-26-13-8-9-15-32(26)31)39(35(42)44-36(2,3)4)22-28-21-38(23-33(28)27-11-6-5-7-12-27)34(41)37-29-17-19-30(20-18-29)43-24-40/h5-16,24-25,28-30,33H,17-23H2,1-4H3,(H,37,41)/t25-,28-,29?,30?,33-/m1/s1. The molecule has 1 aliphatic heterocycles. The second kappa shape index (κ2) is 13.7. The number of fused-ring (bicyclic) bond motifs is 1. The number of ether oxygens (including phenoxy) is 2. The molecule has 0 spiro atoms. The van der Waals surface area contributed by atoms with Gasteiger partial charge in [0.25, 0.3) is 6.47 Å². The van der Waals surface area contributed by atoms with Crippen LogP contribution in [0.2, 0.25) is 0 Å². The summed E-state index contributed by atoms with van der Waals surface area (Å²) in [6.45, 7) is 9.77. The lowest BCUT2D eigenvalue weighted by Crippen LogP contribution is -2.46. The van der Waals surface area contributed by atoms with Crippen molar-refractivity contribution in [1.82, 2.24) is 15.1 Å². The molecule has 0 aromatic heterocycles. The van der Waals surface area contributed by atoms with E-state index >= 15 is 0 Å². The van der Waals surface area contributed by atoms with Gasteiger partial charge in [0.15, 0.2) is 0 Å². The predicted molar refractivity (Wildman–Crippen MR) is 171 cm³/mol. The van der Waals surface area contributed by atoms with Crippen LogP contribution in [0.5, 0.6) is 0 Å². The summed E-state index contributed by atoms with van der Waals surface area (Å²) < 4.78 is 11.1. The molecule has 1 aliphatic carbocycles. The largest absolute Gasteiger partial charge is 0.465 e. The summed E-state index contributed by atoms with van der Waals surface area (Å²) in [4.78, 5) is 41.9. The van der Waals surface area contributed by atoms with E-state index in [9.17, 15) is 14.4 Å². The first-order valence-electron chi connectivity index (χ1n) is 15.8. The Kier molecular flexibility index (Phi) is 9.77. The predicted octanol–water partition coefficient (Wildman–Crippen LogP) is 7.05. The van der Waals surface area contributed by atoms with Gasteiger partial charge in [-0.3, -0.25) is 4.79 Å². The summed E-state index contributed by atoms with van der Waals surface area (Å²) in [5.41, 5.74) is 1.57. The van der Waals surface area contributed by atoms with Crippen molar-refractivity contribution in [3.05, 3.63) is 83.9 Å². The molecule has 3 atom stereocenters. The fourth-order valence-electron chi connectivity index (χ4n) is 6.73. The lowest BCUT2D eigenvalue weighted by atomic mass is 9.88. The minimum Gasteiger partial charge on any atom is -0.465 e. The molecule has 3 aromatic rings. The van der Waals surface area contributed by atoms with E-state index in [0.717, 1.165) is 47.6 Å². The maximum atomic E-state index is 13.9. The van der Waals surface area contributed by atoms with Crippen LogP contribution >= 0.6 is 0 Å². The molecule has 3 aromatic carbocycles. The van der Waals surface area contributed by atoms with Gasteiger partial charge in [-0.1, -0.05) is 72.8 Å². The Morgan fingerprint density at radius 3 is 2.34 bits per heavy atom. The molecule has 2 fully saturated rings. The number of urea groups is 1. The molecule has 0 bridgehead atoms. The Hall–Kier alpha value is -4.07. The molecule has 8 heteroatoms. The van der Waals surface area contributed by atoms with E-state index in [1.54, 1.807) is 0 Å². The molecular weight excluding hydrogens is 554 g/mol. The van der Waals surface area contributed by atoms with Crippen molar-refractivity contribution in [1.29, 1.82) is 0 Å². The summed E-state index contributed by atoms with van der Waals surface area (Å²) in [6.07, 6.45) is 2.62. The smallest absolute Gasteiger partial charge is 0.410 e. The van der Waals surface area contributed by atoms with Crippen molar-refractivity contribution in [3.8, 4) is 0 Å². The summed E-state index contributed by atoms with van der Waals surface area (Å²) in [6, 6.07) is 24.4. The topological polar surface area (TPSA) is 88.2 Å². The number of hydrogen-bond donors (Lipinski definition) is 1. The number of hydrogen-bond acceptors (Lipinski definition) is 5. The highest BCUT2D eigenvalue weighted by atomic mass is 16.6. The molecule has 3 amide bonds. The van der Waals surface area contributed by atoms with Crippen molar-refractivity contribution in [2.45, 2.75) is 83.1 Å². The Morgan fingerprint density at radius 1 is 0.955 bits per heavy atom. The van der Waals surface area contributed by atoms with E-state index in [0.29, 0.717) is 26.1 Å². The number of carbonyl (C=O) groups is 3. The molecule has 1 saturated carbocycles. The quantitative estimate of drug-likeness (QED) is 0.281. The van der Waals surface area contributed by atoms with Crippen LogP contribution in [-0.2, 0) is 14.3 Å². The zero-order valence-corrected chi connectivity index (χ0v) is 26.3. The third-order valence-corrected chi connectivity index (χ3v) is 9.01. The van der Waals surface area contributed by atoms with E-state index in [1.807, 2.05) is 67.0 Å². The highest BCUT2D eigenvalue weighted by Gasteiger charge is 2.40. The van der Waals surface area contributed by atoms with Crippen LogP contribution in [-0.4, -0.2) is 65.8 Å². The van der Waals surface area contributed by atoms with Crippen LogP contribution in [0.1, 0.15) is 76.5 Å². The lowest BCUT2D eigenvalue weighted by molar-refractivity contribution is -0.135.